The first-order chi connectivity index (χ1) is 14.7. The van der Waals surface area contributed by atoms with Gasteiger partial charge in [0.1, 0.15) is 11.8 Å². The van der Waals surface area contributed by atoms with E-state index in [1.165, 1.54) is 0 Å². The Morgan fingerprint density at radius 2 is 2.03 bits per heavy atom. The summed E-state index contributed by atoms with van der Waals surface area (Å²) in [7, 11) is 0. The van der Waals surface area contributed by atoms with Gasteiger partial charge in [0.2, 0.25) is 5.91 Å². The highest BCUT2D eigenvalue weighted by Crippen LogP contribution is 2.38. The van der Waals surface area contributed by atoms with E-state index >= 15 is 0 Å². The molecule has 0 aliphatic carbocycles. The number of anilines is 1. The van der Waals surface area contributed by atoms with Crippen LogP contribution in [0.1, 0.15) is 42.4 Å². The lowest BCUT2D eigenvalue weighted by molar-refractivity contribution is -0.116. The number of hydrogen-bond acceptors (Lipinski definition) is 4. The van der Waals surface area contributed by atoms with E-state index < -0.39 is 0 Å². The number of benzene rings is 1. The molecule has 3 aromatic rings. The smallest absolute Gasteiger partial charge is 0.226 e. The number of nitrogens with one attached hydrogen (secondary N) is 2. The first-order valence-electron chi connectivity index (χ1n) is 10.1. The van der Waals surface area contributed by atoms with Crippen molar-refractivity contribution in [3.8, 4) is 0 Å². The van der Waals surface area contributed by atoms with Crippen molar-refractivity contribution in [1.82, 2.24) is 15.2 Å². The van der Waals surface area contributed by atoms with Crippen molar-refractivity contribution in [2.45, 2.75) is 31.8 Å². The largest absolute Gasteiger partial charge is 0.467 e. The number of amides is 1. The third kappa shape index (κ3) is 4.21. The van der Waals surface area contributed by atoms with Crippen molar-refractivity contribution >= 4 is 28.9 Å². The summed E-state index contributed by atoms with van der Waals surface area (Å²) >= 11 is 5.60. The van der Waals surface area contributed by atoms with E-state index in [2.05, 4.69) is 22.5 Å². The fourth-order valence-electron chi connectivity index (χ4n) is 3.80. The van der Waals surface area contributed by atoms with E-state index in [9.17, 15) is 4.79 Å². The average Bonchev–Trinajstić information content (AvgIpc) is 3.41. The van der Waals surface area contributed by atoms with Crippen LogP contribution >= 0.6 is 12.2 Å². The number of carbonyl (C=O) groups excluding carboxylic acids is 1. The van der Waals surface area contributed by atoms with Gasteiger partial charge in [-0.25, -0.2) is 0 Å². The van der Waals surface area contributed by atoms with Gasteiger partial charge in [0.05, 0.1) is 18.0 Å². The molecule has 0 radical (unpaired) electrons. The van der Waals surface area contributed by atoms with Crippen LogP contribution in [-0.2, 0) is 11.2 Å². The molecule has 1 amide bonds. The Bertz CT molecular complexity index is 1010. The Kier molecular flexibility index (Phi) is 6.09. The maximum atomic E-state index is 12.7. The van der Waals surface area contributed by atoms with Crippen molar-refractivity contribution in [1.29, 1.82) is 0 Å². The van der Waals surface area contributed by atoms with Crippen molar-refractivity contribution in [2.24, 2.45) is 0 Å². The van der Waals surface area contributed by atoms with Crippen LogP contribution < -0.4 is 10.6 Å². The molecule has 1 aliphatic heterocycles. The Labute approximate surface area is 181 Å². The van der Waals surface area contributed by atoms with Crippen molar-refractivity contribution in [2.75, 3.05) is 11.9 Å². The second kappa shape index (κ2) is 9.09. The summed E-state index contributed by atoms with van der Waals surface area (Å²) < 4.78 is 5.71. The molecule has 0 bridgehead atoms. The number of aryl methyl sites for hydroxylation is 1. The van der Waals surface area contributed by atoms with Gasteiger partial charge in [-0.2, -0.15) is 0 Å². The molecule has 7 heteroatoms. The van der Waals surface area contributed by atoms with Gasteiger partial charge >= 0.3 is 0 Å². The molecule has 0 saturated carbocycles. The zero-order valence-corrected chi connectivity index (χ0v) is 17.6. The number of nitrogens with zero attached hydrogens (tertiary/aromatic N) is 2. The molecule has 1 aliphatic rings. The first kappa shape index (κ1) is 20.1. The summed E-state index contributed by atoms with van der Waals surface area (Å²) in [6, 6.07) is 17.1. The lowest BCUT2D eigenvalue weighted by atomic mass is 10.0. The molecule has 1 aromatic carbocycles. The van der Waals surface area contributed by atoms with E-state index in [0.29, 0.717) is 18.1 Å². The molecule has 154 valence electrons. The molecule has 0 spiro atoms. The highest BCUT2D eigenvalue weighted by molar-refractivity contribution is 7.80. The Hall–Kier alpha value is -3.19. The lowest BCUT2D eigenvalue weighted by Crippen LogP contribution is -2.32. The van der Waals surface area contributed by atoms with E-state index in [4.69, 9.17) is 16.6 Å². The molecular formula is C23H24N4O2S. The van der Waals surface area contributed by atoms with E-state index in [0.717, 1.165) is 29.1 Å². The second-order valence-electron chi connectivity index (χ2n) is 7.14. The minimum absolute atomic E-state index is 0.0434. The second-order valence-corrected chi connectivity index (χ2v) is 7.53. The molecule has 0 unspecified atom stereocenters. The standard InChI is InChI=1S/C23H24N4O2S/c1-2-16-8-3-4-9-17(16)25-20(28)12-14-27-22(19-11-7-15-29-19)21(26-23(27)30)18-10-5-6-13-24-18/h3-11,13,15,21-22H,2,12,14H2,1H3,(H,25,28)(H,26,30)/t21-,22+/m1/s1. The van der Waals surface area contributed by atoms with E-state index in [1.807, 2.05) is 59.5 Å². The molecule has 30 heavy (non-hydrogen) atoms. The molecular weight excluding hydrogens is 396 g/mol. The molecule has 4 rings (SSSR count). The third-order valence-electron chi connectivity index (χ3n) is 5.28. The monoisotopic (exact) mass is 420 g/mol. The maximum Gasteiger partial charge on any atom is 0.226 e. The predicted molar refractivity (Wildman–Crippen MR) is 120 cm³/mol. The van der Waals surface area contributed by atoms with Gasteiger partial charge in [0.15, 0.2) is 5.11 Å². The zero-order valence-electron chi connectivity index (χ0n) is 16.7. The van der Waals surface area contributed by atoms with E-state index in [-0.39, 0.29) is 18.0 Å². The number of thiocarbonyl (C=S) groups is 1. The van der Waals surface area contributed by atoms with Crippen LogP contribution in [0.25, 0.3) is 0 Å². The maximum absolute atomic E-state index is 12.7. The Morgan fingerprint density at radius 1 is 1.20 bits per heavy atom. The summed E-state index contributed by atoms with van der Waals surface area (Å²) in [5.41, 5.74) is 2.86. The third-order valence-corrected chi connectivity index (χ3v) is 5.64. The topological polar surface area (TPSA) is 70.4 Å². The fraction of sp³-hybridized carbons (Fsp3) is 0.261. The summed E-state index contributed by atoms with van der Waals surface area (Å²) in [6.07, 6.45) is 4.59. The van der Waals surface area contributed by atoms with Gasteiger partial charge in [-0.3, -0.25) is 9.78 Å². The first-order valence-corrected chi connectivity index (χ1v) is 10.5. The quantitative estimate of drug-likeness (QED) is 0.557. The summed E-state index contributed by atoms with van der Waals surface area (Å²) in [5, 5.41) is 6.97. The molecule has 2 N–H and O–H groups in total. The summed E-state index contributed by atoms with van der Waals surface area (Å²) in [5.74, 6) is 0.743. The molecule has 1 saturated heterocycles. The fourth-order valence-corrected chi connectivity index (χ4v) is 4.13. The number of rotatable bonds is 7. The SMILES string of the molecule is CCc1ccccc1NC(=O)CCN1C(=S)N[C@H](c2ccccn2)[C@@H]1c1ccco1. The number of furan rings is 1. The number of aromatic nitrogens is 1. The van der Waals surface area contributed by atoms with Crippen LogP contribution in [-0.4, -0.2) is 27.4 Å². The van der Waals surface area contributed by atoms with Gasteiger partial charge in [0, 0.05) is 24.8 Å². The molecule has 1 fully saturated rings. The van der Waals surface area contributed by atoms with Crippen LogP contribution in [0.15, 0.2) is 71.5 Å². The zero-order chi connectivity index (χ0) is 20.9. The predicted octanol–water partition coefficient (Wildman–Crippen LogP) is 4.24. The average molecular weight is 421 g/mol. The number of para-hydroxylation sites is 1. The van der Waals surface area contributed by atoms with Gasteiger partial charge in [0.25, 0.3) is 0 Å². The van der Waals surface area contributed by atoms with Crippen molar-refractivity contribution in [3.63, 3.8) is 0 Å². The van der Waals surface area contributed by atoms with Crippen LogP contribution in [0.4, 0.5) is 5.69 Å². The van der Waals surface area contributed by atoms with Crippen molar-refractivity contribution < 1.29 is 9.21 Å². The van der Waals surface area contributed by atoms with Crippen LogP contribution in [0, 0.1) is 0 Å². The Morgan fingerprint density at radius 3 is 2.77 bits per heavy atom. The summed E-state index contributed by atoms with van der Waals surface area (Å²) in [4.78, 5) is 19.2. The van der Waals surface area contributed by atoms with Crippen LogP contribution in [0.3, 0.4) is 0 Å². The highest BCUT2D eigenvalue weighted by Gasteiger charge is 2.41. The number of hydrogen-bond donors (Lipinski definition) is 2. The normalized spacial score (nSPS) is 18.3. The Balaban J connectivity index is 1.49. The lowest BCUT2D eigenvalue weighted by Gasteiger charge is -2.25. The minimum atomic E-state index is -0.168. The minimum Gasteiger partial charge on any atom is -0.467 e. The van der Waals surface area contributed by atoms with Gasteiger partial charge in [-0.15, -0.1) is 0 Å². The van der Waals surface area contributed by atoms with E-state index in [1.54, 1.807) is 12.5 Å². The summed E-state index contributed by atoms with van der Waals surface area (Å²) in [6.45, 7) is 2.55. The van der Waals surface area contributed by atoms with Crippen LogP contribution in [0.2, 0.25) is 0 Å². The number of carbonyl (C=O) groups is 1. The van der Waals surface area contributed by atoms with Gasteiger partial charge in [-0.05, 0) is 54.5 Å². The van der Waals surface area contributed by atoms with Gasteiger partial charge in [-0.1, -0.05) is 31.2 Å². The molecule has 6 nitrogen and oxygen atoms in total. The highest BCUT2D eigenvalue weighted by atomic mass is 32.1. The van der Waals surface area contributed by atoms with Crippen molar-refractivity contribution in [3.05, 3.63) is 84.1 Å². The number of pyridine rings is 1. The molecule has 3 heterocycles. The molecule has 2 atom stereocenters. The van der Waals surface area contributed by atoms with Crippen LogP contribution in [0.5, 0.6) is 0 Å². The molecule has 2 aromatic heterocycles. The van der Waals surface area contributed by atoms with Gasteiger partial charge < -0.3 is 20.0 Å².